The van der Waals surface area contributed by atoms with Gasteiger partial charge < -0.3 is 5.11 Å². The van der Waals surface area contributed by atoms with Crippen LogP contribution in [0.1, 0.15) is 29.8 Å². The molecule has 17 heavy (non-hydrogen) atoms. The molecule has 2 N–H and O–H groups in total. The van der Waals surface area contributed by atoms with Gasteiger partial charge in [-0.15, -0.1) is 0 Å². The Morgan fingerprint density at radius 3 is 2.71 bits per heavy atom. The summed E-state index contributed by atoms with van der Waals surface area (Å²) in [5.41, 5.74) is 2.55. The highest BCUT2D eigenvalue weighted by Gasteiger charge is 2.15. The van der Waals surface area contributed by atoms with Crippen LogP contribution in [-0.2, 0) is 4.84 Å². The maximum Gasteiger partial charge on any atom is 0.276 e. The van der Waals surface area contributed by atoms with Crippen LogP contribution in [0.2, 0.25) is 5.02 Å². The lowest BCUT2D eigenvalue weighted by atomic mass is 10.1. The van der Waals surface area contributed by atoms with Gasteiger partial charge in [-0.3, -0.25) is 9.63 Å². The molecule has 0 aliphatic heterocycles. The number of hydrogen-bond acceptors (Lipinski definition) is 3. The predicted molar refractivity (Wildman–Crippen MR) is 65.9 cm³/mol. The summed E-state index contributed by atoms with van der Waals surface area (Å²) in [4.78, 5) is 16.6. The molecule has 0 aliphatic carbocycles. The lowest BCUT2D eigenvalue weighted by Gasteiger charge is -2.16. The van der Waals surface area contributed by atoms with Crippen LogP contribution < -0.4 is 5.48 Å². The van der Waals surface area contributed by atoms with Gasteiger partial charge in [-0.25, -0.2) is 5.48 Å². The molecule has 0 bridgehead atoms. The molecule has 94 valence electrons. The van der Waals surface area contributed by atoms with Crippen molar-refractivity contribution in [1.82, 2.24) is 5.48 Å². The maximum absolute atomic E-state index is 11.7. The Hall–Kier alpha value is -1.10. The highest BCUT2D eigenvalue weighted by Crippen LogP contribution is 2.17. The molecule has 0 saturated carbocycles. The monoisotopic (exact) mass is 257 g/mol. The van der Waals surface area contributed by atoms with E-state index in [0.717, 1.165) is 5.56 Å². The summed E-state index contributed by atoms with van der Waals surface area (Å²) in [6, 6.07) is 5.11. The summed E-state index contributed by atoms with van der Waals surface area (Å²) in [6.07, 6.45) is 0. The highest BCUT2D eigenvalue weighted by molar-refractivity contribution is 6.33. The lowest BCUT2D eigenvalue weighted by Crippen LogP contribution is -2.33. The van der Waals surface area contributed by atoms with Crippen molar-refractivity contribution in [2.24, 2.45) is 0 Å². The SMILES string of the molecule is Cc1ccc(C(=O)NOCC(C)(C)O)c(Cl)c1. The first kappa shape index (κ1) is 14.0. The minimum absolute atomic E-state index is 0.00220. The van der Waals surface area contributed by atoms with E-state index in [9.17, 15) is 9.90 Å². The van der Waals surface area contributed by atoms with E-state index in [-0.39, 0.29) is 6.61 Å². The Bertz CT molecular complexity index is 413. The van der Waals surface area contributed by atoms with Gasteiger partial charge in [0.15, 0.2) is 0 Å². The molecule has 0 spiro atoms. The Morgan fingerprint density at radius 2 is 2.18 bits per heavy atom. The maximum atomic E-state index is 11.7. The van der Waals surface area contributed by atoms with E-state index < -0.39 is 11.5 Å². The summed E-state index contributed by atoms with van der Waals surface area (Å²) in [7, 11) is 0. The normalized spacial score (nSPS) is 11.4. The van der Waals surface area contributed by atoms with Crippen LogP contribution in [0, 0.1) is 6.92 Å². The van der Waals surface area contributed by atoms with Gasteiger partial charge in [0.05, 0.1) is 16.2 Å². The number of carbonyl (C=O) groups excluding carboxylic acids is 1. The van der Waals surface area contributed by atoms with Gasteiger partial charge >= 0.3 is 0 Å². The first-order valence-corrected chi connectivity index (χ1v) is 5.58. The standard InChI is InChI=1S/C12H16ClNO3/c1-8-4-5-9(10(13)6-8)11(15)14-17-7-12(2,3)16/h4-6,16H,7H2,1-3H3,(H,14,15). The molecule has 0 radical (unpaired) electrons. The molecule has 0 aromatic heterocycles. The topological polar surface area (TPSA) is 58.6 Å². The van der Waals surface area contributed by atoms with Crippen LogP contribution in [0.5, 0.6) is 0 Å². The minimum Gasteiger partial charge on any atom is -0.388 e. The summed E-state index contributed by atoms with van der Waals surface area (Å²) in [5.74, 6) is -0.431. The van der Waals surface area contributed by atoms with Crippen LogP contribution in [0.15, 0.2) is 18.2 Å². The van der Waals surface area contributed by atoms with Crippen molar-refractivity contribution in [3.05, 3.63) is 34.3 Å². The molecule has 4 nitrogen and oxygen atoms in total. The number of halogens is 1. The molecule has 1 amide bonds. The quantitative estimate of drug-likeness (QED) is 0.812. The van der Waals surface area contributed by atoms with Gasteiger partial charge in [0.2, 0.25) is 0 Å². The van der Waals surface area contributed by atoms with Crippen LogP contribution in [0.25, 0.3) is 0 Å². The van der Waals surface area contributed by atoms with Crippen molar-refractivity contribution in [3.8, 4) is 0 Å². The molecule has 1 aromatic carbocycles. The van der Waals surface area contributed by atoms with E-state index in [1.807, 2.05) is 6.92 Å². The van der Waals surface area contributed by atoms with E-state index >= 15 is 0 Å². The Balaban J connectivity index is 2.59. The lowest BCUT2D eigenvalue weighted by molar-refractivity contribution is -0.0522. The molecule has 0 fully saturated rings. The summed E-state index contributed by atoms with van der Waals surface area (Å²) >= 11 is 5.93. The third kappa shape index (κ3) is 4.73. The number of benzene rings is 1. The van der Waals surface area contributed by atoms with Gasteiger partial charge in [-0.1, -0.05) is 17.7 Å². The van der Waals surface area contributed by atoms with E-state index in [2.05, 4.69) is 5.48 Å². The highest BCUT2D eigenvalue weighted by atomic mass is 35.5. The fourth-order valence-corrected chi connectivity index (χ4v) is 1.46. The van der Waals surface area contributed by atoms with Crippen LogP contribution >= 0.6 is 11.6 Å². The Morgan fingerprint density at radius 1 is 1.53 bits per heavy atom. The number of aryl methyl sites for hydroxylation is 1. The first-order valence-electron chi connectivity index (χ1n) is 5.20. The molecule has 0 heterocycles. The molecule has 1 aromatic rings. The Kier molecular flexibility index (Phi) is 4.51. The summed E-state index contributed by atoms with van der Waals surface area (Å²) in [6.45, 7) is 5.05. The Labute approximate surface area is 105 Å². The fraction of sp³-hybridized carbons (Fsp3) is 0.417. The van der Waals surface area contributed by atoms with Gasteiger partial charge in [0, 0.05) is 0 Å². The third-order valence-electron chi connectivity index (χ3n) is 1.96. The predicted octanol–water partition coefficient (Wildman–Crippen LogP) is 2.08. The van der Waals surface area contributed by atoms with Crippen molar-refractivity contribution in [3.63, 3.8) is 0 Å². The van der Waals surface area contributed by atoms with E-state index in [1.54, 1.807) is 32.0 Å². The molecule has 0 unspecified atom stereocenters. The number of aliphatic hydroxyl groups is 1. The largest absolute Gasteiger partial charge is 0.388 e. The zero-order chi connectivity index (χ0) is 13.1. The molecule has 0 aliphatic rings. The molecular weight excluding hydrogens is 242 g/mol. The van der Waals surface area contributed by atoms with Crippen molar-refractivity contribution >= 4 is 17.5 Å². The number of nitrogens with one attached hydrogen (secondary N) is 1. The van der Waals surface area contributed by atoms with Crippen LogP contribution in [0.4, 0.5) is 0 Å². The molecule has 5 heteroatoms. The number of amides is 1. The summed E-state index contributed by atoms with van der Waals surface area (Å²) in [5, 5.41) is 9.76. The molecule has 0 atom stereocenters. The van der Waals surface area contributed by atoms with Crippen LogP contribution in [-0.4, -0.2) is 23.2 Å². The first-order chi connectivity index (χ1) is 7.79. The zero-order valence-electron chi connectivity index (χ0n) is 10.1. The van der Waals surface area contributed by atoms with Crippen molar-refractivity contribution in [2.75, 3.05) is 6.61 Å². The number of rotatable bonds is 4. The third-order valence-corrected chi connectivity index (χ3v) is 2.27. The van der Waals surface area contributed by atoms with Crippen molar-refractivity contribution in [1.29, 1.82) is 0 Å². The number of carbonyl (C=O) groups is 1. The smallest absolute Gasteiger partial charge is 0.276 e. The second kappa shape index (κ2) is 5.49. The fourth-order valence-electron chi connectivity index (χ4n) is 1.14. The molecule has 0 saturated heterocycles. The average molecular weight is 258 g/mol. The second-order valence-corrected chi connectivity index (χ2v) is 4.92. The minimum atomic E-state index is -0.996. The number of hydrogen-bond donors (Lipinski definition) is 2. The average Bonchev–Trinajstić information content (AvgIpc) is 2.15. The van der Waals surface area contributed by atoms with E-state index in [1.165, 1.54) is 0 Å². The zero-order valence-corrected chi connectivity index (χ0v) is 10.8. The van der Waals surface area contributed by atoms with Crippen LogP contribution in [0.3, 0.4) is 0 Å². The van der Waals surface area contributed by atoms with Gasteiger partial charge in [0.25, 0.3) is 5.91 Å². The molecular formula is C12H16ClNO3. The van der Waals surface area contributed by atoms with E-state index in [4.69, 9.17) is 16.4 Å². The molecule has 1 rings (SSSR count). The van der Waals surface area contributed by atoms with E-state index in [0.29, 0.717) is 10.6 Å². The number of hydroxylamine groups is 1. The van der Waals surface area contributed by atoms with Gasteiger partial charge in [-0.2, -0.15) is 0 Å². The summed E-state index contributed by atoms with van der Waals surface area (Å²) < 4.78 is 0. The van der Waals surface area contributed by atoms with Gasteiger partial charge in [-0.05, 0) is 38.5 Å². The van der Waals surface area contributed by atoms with Crippen molar-refractivity contribution in [2.45, 2.75) is 26.4 Å². The van der Waals surface area contributed by atoms with Gasteiger partial charge in [0.1, 0.15) is 6.61 Å². The second-order valence-electron chi connectivity index (χ2n) is 4.52. The van der Waals surface area contributed by atoms with Crippen molar-refractivity contribution < 1.29 is 14.7 Å².